The number of carboxylic acid groups (broad SMARTS) is 1. The number of rotatable bonds is 7. The minimum absolute atomic E-state index is 0.167. The molecule has 0 saturated heterocycles. The number of aromatic carboxylic acids is 1. The van der Waals surface area contributed by atoms with Crippen molar-refractivity contribution >= 4 is 16.9 Å². The van der Waals surface area contributed by atoms with E-state index >= 15 is 0 Å². The molecule has 1 unspecified atom stereocenters. The third-order valence-corrected chi connectivity index (χ3v) is 7.18. The highest BCUT2D eigenvalue weighted by molar-refractivity contribution is 6.02. The summed E-state index contributed by atoms with van der Waals surface area (Å²) in [6, 6.07) is 19.0. The molecule has 0 saturated carbocycles. The Labute approximate surface area is 209 Å². The molecule has 7 nitrogen and oxygen atoms in total. The summed E-state index contributed by atoms with van der Waals surface area (Å²) in [5.74, 6) is -0.193. The maximum absolute atomic E-state index is 11.8. The second-order valence-corrected chi connectivity index (χ2v) is 10.1. The molecule has 0 fully saturated rings. The van der Waals surface area contributed by atoms with Crippen LogP contribution in [-0.4, -0.2) is 33.9 Å². The largest absolute Gasteiger partial charge is 0.491 e. The number of fused-ring (bicyclic) bond motifs is 2. The predicted molar refractivity (Wildman–Crippen MR) is 140 cm³/mol. The Bertz CT molecular complexity index is 1460. The summed E-state index contributed by atoms with van der Waals surface area (Å²) in [6.45, 7) is 5.27. The van der Waals surface area contributed by atoms with Gasteiger partial charge in [0.25, 0.3) is 0 Å². The fourth-order valence-corrected chi connectivity index (χ4v) is 4.82. The molecule has 0 amide bonds. The van der Waals surface area contributed by atoms with Gasteiger partial charge in [-0.25, -0.2) is 4.79 Å². The first-order valence-corrected chi connectivity index (χ1v) is 12.1. The number of aliphatic hydroxyl groups is 1. The molecular weight excluding hydrogens is 454 g/mol. The van der Waals surface area contributed by atoms with Crippen molar-refractivity contribution in [3.8, 4) is 16.9 Å². The summed E-state index contributed by atoms with van der Waals surface area (Å²) < 4.78 is 7.45. The van der Waals surface area contributed by atoms with Crippen LogP contribution in [0.3, 0.4) is 0 Å². The quantitative estimate of drug-likeness (QED) is 0.308. The molecule has 186 valence electrons. The van der Waals surface area contributed by atoms with E-state index in [0.29, 0.717) is 18.7 Å². The van der Waals surface area contributed by atoms with Crippen molar-refractivity contribution in [2.24, 2.45) is 11.5 Å². The molecule has 1 aromatic heterocycles. The highest BCUT2D eigenvalue weighted by atomic mass is 16.5. The minimum Gasteiger partial charge on any atom is -0.491 e. The van der Waals surface area contributed by atoms with Gasteiger partial charge in [0.2, 0.25) is 0 Å². The fourth-order valence-electron chi connectivity index (χ4n) is 4.82. The Balaban J connectivity index is 1.57. The lowest BCUT2D eigenvalue weighted by Crippen LogP contribution is -2.28. The van der Waals surface area contributed by atoms with Gasteiger partial charge in [0.1, 0.15) is 12.4 Å². The number of benzene rings is 3. The second-order valence-electron chi connectivity index (χ2n) is 10.1. The maximum Gasteiger partial charge on any atom is 0.337 e. The Morgan fingerprint density at radius 2 is 1.94 bits per heavy atom. The fraction of sp³-hybridized carbons (Fsp3) is 0.276. The molecule has 4 aromatic rings. The highest BCUT2D eigenvalue weighted by Crippen LogP contribution is 2.37. The molecule has 0 radical (unpaired) electrons. The Morgan fingerprint density at radius 1 is 1.14 bits per heavy atom. The molecule has 0 spiro atoms. The number of nitrogens with zero attached hydrogens (tertiary/aromatic N) is 1. The molecule has 1 aliphatic rings. The van der Waals surface area contributed by atoms with Gasteiger partial charge in [-0.3, -0.25) is 0 Å². The number of hydrogen-bond acceptors (Lipinski definition) is 5. The number of aliphatic hydroxyl groups excluding tert-OH is 1. The number of carbonyl (C=O) groups is 1. The van der Waals surface area contributed by atoms with Crippen LogP contribution >= 0.6 is 0 Å². The van der Waals surface area contributed by atoms with Crippen LogP contribution in [0.25, 0.3) is 22.0 Å². The lowest BCUT2D eigenvalue weighted by atomic mass is 9.81. The smallest absolute Gasteiger partial charge is 0.337 e. The van der Waals surface area contributed by atoms with Gasteiger partial charge in [0.05, 0.1) is 29.8 Å². The molecule has 36 heavy (non-hydrogen) atoms. The van der Waals surface area contributed by atoms with Gasteiger partial charge in [-0.05, 0) is 52.6 Å². The van der Waals surface area contributed by atoms with Gasteiger partial charge in [0.15, 0.2) is 0 Å². The normalized spacial score (nSPS) is 16.1. The zero-order valence-electron chi connectivity index (χ0n) is 20.4. The molecule has 5 rings (SSSR count). The Morgan fingerprint density at radius 3 is 2.69 bits per heavy atom. The topological polar surface area (TPSA) is 124 Å². The lowest BCUT2D eigenvalue weighted by molar-refractivity contribution is 0.0698. The first kappa shape index (κ1) is 24.1. The van der Waals surface area contributed by atoms with E-state index in [4.69, 9.17) is 16.2 Å². The van der Waals surface area contributed by atoms with Gasteiger partial charge in [-0.2, -0.15) is 0 Å². The summed E-state index contributed by atoms with van der Waals surface area (Å²) in [5, 5.41) is 21.9. The van der Waals surface area contributed by atoms with E-state index in [-0.39, 0.29) is 23.6 Å². The molecule has 1 aliphatic heterocycles. The van der Waals surface area contributed by atoms with Crippen molar-refractivity contribution in [2.45, 2.75) is 38.0 Å². The predicted octanol–water partition coefficient (Wildman–Crippen LogP) is 4.37. The van der Waals surface area contributed by atoms with Crippen LogP contribution in [0.1, 0.15) is 53.0 Å². The van der Waals surface area contributed by atoms with Crippen LogP contribution in [0.5, 0.6) is 5.75 Å². The number of aromatic nitrogens is 1. The monoisotopic (exact) mass is 485 g/mol. The summed E-state index contributed by atoms with van der Waals surface area (Å²) in [5.41, 5.74) is 17.5. The Hall–Kier alpha value is -3.65. The van der Waals surface area contributed by atoms with Crippen LogP contribution in [0.4, 0.5) is 0 Å². The van der Waals surface area contributed by atoms with E-state index in [0.717, 1.165) is 39.0 Å². The third-order valence-electron chi connectivity index (χ3n) is 7.18. The molecule has 0 aliphatic carbocycles. The Kier molecular flexibility index (Phi) is 6.08. The van der Waals surface area contributed by atoms with Crippen molar-refractivity contribution in [1.29, 1.82) is 0 Å². The van der Waals surface area contributed by atoms with E-state index in [1.165, 1.54) is 0 Å². The van der Waals surface area contributed by atoms with Crippen molar-refractivity contribution < 1.29 is 19.7 Å². The first-order chi connectivity index (χ1) is 17.2. The zero-order valence-corrected chi connectivity index (χ0v) is 20.4. The van der Waals surface area contributed by atoms with Gasteiger partial charge >= 0.3 is 5.97 Å². The van der Waals surface area contributed by atoms with Gasteiger partial charge in [-0.15, -0.1) is 0 Å². The number of ether oxygens (including phenoxy) is 1. The van der Waals surface area contributed by atoms with Crippen molar-refractivity contribution in [3.05, 3.63) is 89.1 Å². The highest BCUT2D eigenvalue weighted by Gasteiger charge is 2.24. The van der Waals surface area contributed by atoms with Crippen molar-refractivity contribution in [2.75, 3.05) is 13.2 Å². The number of para-hydroxylation sites is 1. The van der Waals surface area contributed by atoms with Crippen LogP contribution in [0.15, 0.2) is 66.9 Å². The summed E-state index contributed by atoms with van der Waals surface area (Å²) >= 11 is 0. The van der Waals surface area contributed by atoms with E-state index in [2.05, 4.69) is 26.0 Å². The van der Waals surface area contributed by atoms with E-state index < -0.39 is 12.1 Å². The van der Waals surface area contributed by atoms with Crippen LogP contribution in [-0.2, 0) is 12.0 Å². The van der Waals surface area contributed by atoms with Gasteiger partial charge in [-0.1, -0.05) is 44.2 Å². The van der Waals surface area contributed by atoms with Gasteiger partial charge < -0.3 is 31.0 Å². The SMILES string of the molecule is CC(C)(CN)c1cc(-c2ccc3c(c2)[C@H](N)CO3)cc(C(O)Cn2ccc3cccc(C(=O)O)c32)c1. The first-order valence-electron chi connectivity index (χ1n) is 12.1. The van der Waals surface area contributed by atoms with Gasteiger partial charge in [0, 0.05) is 29.1 Å². The standard InChI is InChI=1S/C29H31N3O4/c1-29(2,16-30)21-11-19(18-6-7-26-23(13-18)24(31)15-36-26)10-20(12-21)25(33)14-32-9-8-17-4-3-5-22(27(17)32)28(34)35/h3-13,24-25,33H,14-16,30-31H2,1-2H3,(H,34,35)/t24-,25?/m1/s1. The third kappa shape index (κ3) is 4.26. The number of nitrogens with two attached hydrogens (primary N) is 2. The van der Waals surface area contributed by atoms with E-state index in [9.17, 15) is 15.0 Å². The molecule has 3 aromatic carbocycles. The maximum atomic E-state index is 11.8. The molecule has 0 bridgehead atoms. The van der Waals surface area contributed by atoms with Crippen LogP contribution in [0.2, 0.25) is 0 Å². The summed E-state index contributed by atoms with van der Waals surface area (Å²) in [6.07, 6.45) is 0.950. The minimum atomic E-state index is -0.997. The summed E-state index contributed by atoms with van der Waals surface area (Å²) in [4.78, 5) is 11.8. The molecular formula is C29H31N3O4. The molecule has 2 atom stereocenters. The van der Waals surface area contributed by atoms with E-state index in [1.54, 1.807) is 16.7 Å². The summed E-state index contributed by atoms with van der Waals surface area (Å²) in [7, 11) is 0. The second kappa shape index (κ2) is 9.09. The lowest BCUT2D eigenvalue weighted by Gasteiger charge is -2.26. The average molecular weight is 486 g/mol. The van der Waals surface area contributed by atoms with Crippen molar-refractivity contribution in [1.82, 2.24) is 4.57 Å². The molecule has 2 heterocycles. The molecule has 7 heteroatoms. The number of hydrogen-bond donors (Lipinski definition) is 4. The zero-order chi connectivity index (χ0) is 25.6. The van der Waals surface area contributed by atoms with Crippen LogP contribution in [0, 0.1) is 0 Å². The molecule has 6 N–H and O–H groups in total. The van der Waals surface area contributed by atoms with E-state index in [1.807, 2.05) is 42.6 Å². The number of carboxylic acids is 1. The van der Waals surface area contributed by atoms with Crippen LogP contribution < -0.4 is 16.2 Å². The average Bonchev–Trinajstić information content (AvgIpc) is 3.46. The van der Waals surface area contributed by atoms with Crippen molar-refractivity contribution in [3.63, 3.8) is 0 Å².